The summed E-state index contributed by atoms with van der Waals surface area (Å²) in [6.45, 7) is 9.26. The number of rotatable bonds is 3. The predicted octanol–water partition coefficient (Wildman–Crippen LogP) is 3.17. The molecule has 92 valence electrons. The van der Waals surface area contributed by atoms with E-state index >= 15 is 0 Å². The molecule has 0 saturated carbocycles. The largest absolute Gasteiger partial charge is 0.283 e. The molecule has 1 aromatic carbocycles. The zero-order valence-electron chi connectivity index (χ0n) is 10.6. The van der Waals surface area contributed by atoms with Gasteiger partial charge in [-0.1, -0.05) is 31.5 Å². The molecular weight excluding hydrogens is 222 g/mol. The van der Waals surface area contributed by atoms with Crippen molar-refractivity contribution in [3.05, 3.63) is 29.8 Å². The van der Waals surface area contributed by atoms with Crippen molar-refractivity contribution in [2.24, 2.45) is 0 Å². The van der Waals surface area contributed by atoms with Crippen molar-refractivity contribution in [3.63, 3.8) is 0 Å². The van der Waals surface area contributed by atoms with Crippen LogP contribution < -0.4 is 4.72 Å². The van der Waals surface area contributed by atoms with Gasteiger partial charge in [0.15, 0.2) is 0 Å². The lowest BCUT2D eigenvalue weighted by atomic mass is 10.2. The Hall–Kier alpha value is -1.03. The molecule has 16 heavy (non-hydrogen) atoms. The quantitative estimate of drug-likeness (QED) is 0.886. The van der Waals surface area contributed by atoms with Crippen molar-refractivity contribution in [2.75, 3.05) is 4.72 Å². The Bertz CT molecular complexity index is 394. The van der Waals surface area contributed by atoms with Gasteiger partial charge >= 0.3 is 0 Å². The molecule has 0 aliphatic rings. The van der Waals surface area contributed by atoms with Crippen LogP contribution in [0.5, 0.6) is 0 Å². The highest BCUT2D eigenvalue weighted by atomic mass is 32.2. The molecule has 1 aromatic rings. The second kappa shape index (κ2) is 6.53. The van der Waals surface area contributed by atoms with Gasteiger partial charge in [-0.25, -0.2) is 8.42 Å². The minimum atomic E-state index is -3.21. The molecule has 0 aliphatic carbocycles. The maximum absolute atomic E-state index is 11.5. The van der Waals surface area contributed by atoms with Crippen LogP contribution in [-0.4, -0.2) is 13.7 Å². The smallest absolute Gasteiger partial charge is 0.235 e. The van der Waals surface area contributed by atoms with Crippen LogP contribution in [0.3, 0.4) is 0 Å². The third kappa shape index (κ3) is 4.66. The van der Waals surface area contributed by atoms with Crippen molar-refractivity contribution < 1.29 is 8.42 Å². The van der Waals surface area contributed by atoms with E-state index in [9.17, 15) is 8.42 Å². The first-order valence-corrected chi connectivity index (χ1v) is 7.05. The molecule has 0 spiro atoms. The molecule has 0 atom stereocenters. The van der Waals surface area contributed by atoms with Crippen LogP contribution in [0.2, 0.25) is 0 Å². The van der Waals surface area contributed by atoms with Crippen molar-refractivity contribution in [3.8, 4) is 0 Å². The van der Waals surface area contributed by atoms with E-state index in [4.69, 9.17) is 0 Å². The van der Waals surface area contributed by atoms with E-state index in [0.717, 1.165) is 5.56 Å². The lowest BCUT2D eigenvalue weighted by molar-refractivity contribution is 0.593. The Balaban J connectivity index is 0.00000106. The van der Waals surface area contributed by atoms with Gasteiger partial charge in [0.05, 0.1) is 5.25 Å². The van der Waals surface area contributed by atoms with Crippen molar-refractivity contribution >= 4 is 15.7 Å². The Morgan fingerprint density at radius 2 is 1.50 bits per heavy atom. The van der Waals surface area contributed by atoms with Gasteiger partial charge in [0.2, 0.25) is 10.0 Å². The van der Waals surface area contributed by atoms with Crippen molar-refractivity contribution in [2.45, 2.75) is 39.9 Å². The zero-order chi connectivity index (χ0) is 12.8. The van der Waals surface area contributed by atoms with Crippen LogP contribution in [0.4, 0.5) is 5.69 Å². The van der Waals surface area contributed by atoms with Crippen LogP contribution in [0, 0.1) is 6.92 Å². The molecule has 1 N–H and O–H groups in total. The average molecular weight is 243 g/mol. The number of nitrogens with one attached hydrogen (secondary N) is 1. The summed E-state index contributed by atoms with van der Waals surface area (Å²) in [5.74, 6) is 0. The Labute approximate surface area is 98.9 Å². The minimum absolute atomic E-state index is 0.413. The summed E-state index contributed by atoms with van der Waals surface area (Å²) < 4.78 is 25.5. The highest BCUT2D eigenvalue weighted by Gasteiger charge is 2.14. The number of anilines is 1. The second-order valence-corrected chi connectivity index (χ2v) is 5.80. The topological polar surface area (TPSA) is 46.2 Å². The first-order valence-electron chi connectivity index (χ1n) is 5.50. The number of hydrogen-bond donors (Lipinski definition) is 1. The van der Waals surface area contributed by atoms with Gasteiger partial charge in [-0.05, 0) is 32.9 Å². The molecule has 0 saturated heterocycles. The van der Waals surface area contributed by atoms with E-state index in [-0.39, 0.29) is 0 Å². The first kappa shape index (κ1) is 15.0. The maximum atomic E-state index is 11.5. The summed E-state index contributed by atoms with van der Waals surface area (Å²) in [5, 5.41) is -0.413. The van der Waals surface area contributed by atoms with Gasteiger partial charge in [0.1, 0.15) is 0 Å². The van der Waals surface area contributed by atoms with Gasteiger partial charge in [0.25, 0.3) is 0 Å². The SMILES string of the molecule is CC.Cc1ccc(NS(=O)(=O)C(C)C)cc1. The normalized spacial score (nSPS) is 10.6. The molecule has 0 aliphatic heterocycles. The van der Waals surface area contributed by atoms with E-state index in [1.807, 2.05) is 32.9 Å². The number of aryl methyl sites for hydroxylation is 1. The van der Waals surface area contributed by atoms with E-state index in [0.29, 0.717) is 5.69 Å². The van der Waals surface area contributed by atoms with Gasteiger partial charge in [-0.15, -0.1) is 0 Å². The van der Waals surface area contributed by atoms with E-state index in [1.165, 1.54) is 0 Å². The Morgan fingerprint density at radius 1 is 1.06 bits per heavy atom. The van der Waals surface area contributed by atoms with Gasteiger partial charge in [-0.2, -0.15) is 0 Å². The molecular formula is C12H21NO2S. The zero-order valence-corrected chi connectivity index (χ0v) is 11.4. The monoisotopic (exact) mass is 243 g/mol. The molecule has 3 nitrogen and oxygen atoms in total. The highest BCUT2D eigenvalue weighted by molar-refractivity contribution is 7.93. The van der Waals surface area contributed by atoms with Crippen LogP contribution in [0.25, 0.3) is 0 Å². The lowest BCUT2D eigenvalue weighted by Crippen LogP contribution is -2.22. The van der Waals surface area contributed by atoms with Gasteiger partial charge in [0, 0.05) is 5.69 Å². The molecule has 0 aromatic heterocycles. The minimum Gasteiger partial charge on any atom is -0.283 e. The number of benzene rings is 1. The molecule has 0 bridgehead atoms. The predicted molar refractivity (Wildman–Crippen MR) is 70.2 cm³/mol. The summed E-state index contributed by atoms with van der Waals surface area (Å²) in [6.07, 6.45) is 0. The third-order valence-electron chi connectivity index (χ3n) is 1.93. The molecule has 0 fully saturated rings. The fourth-order valence-electron chi connectivity index (χ4n) is 0.904. The molecule has 0 heterocycles. The molecule has 0 unspecified atom stereocenters. The molecule has 1 rings (SSSR count). The Morgan fingerprint density at radius 3 is 1.88 bits per heavy atom. The van der Waals surface area contributed by atoms with Gasteiger partial charge in [-0.3, -0.25) is 4.72 Å². The fraction of sp³-hybridized carbons (Fsp3) is 0.500. The molecule has 0 amide bonds. The first-order chi connectivity index (χ1) is 7.42. The standard InChI is InChI=1S/C10H15NO2S.C2H6/c1-8(2)14(12,13)11-10-6-4-9(3)5-7-10;1-2/h4-8,11H,1-3H3;1-2H3. The fourth-order valence-corrected chi connectivity index (χ4v) is 1.60. The number of hydrogen-bond acceptors (Lipinski definition) is 2. The average Bonchev–Trinajstić information content (AvgIpc) is 2.24. The maximum Gasteiger partial charge on any atom is 0.235 e. The summed E-state index contributed by atoms with van der Waals surface area (Å²) in [4.78, 5) is 0. The Kier molecular flexibility index (Phi) is 6.11. The summed E-state index contributed by atoms with van der Waals surface area (Å²) in [5.41, 5.74) is 1.72. The van der Waals surface area contributed by atoms with Crippen LogP contribution in [0.15, 0.2) is 24.3 Å². The second-order valence-electron chi connectivity index (χ2n) is 3.56. The lowest BCUT2D eigenvalue weighted by Gasteiger charge is -2.10. The van der Waals surface area contributed by atoms with E-state index < -0.39 is 15.3 Å². The summed E-state index contributed by atoms with van der Waals surface area (Å²) in [7, 11) is -3.21. The van der Waals surface area contributed by atoms with Gasteiger partial charge < -0.3 is 0 Å². The number of sulfonamides is 1. The van der Waals surface area contributed by atoms with Crippen LogP contribution >= 0.6 is 0 Å². The third-order valence-corrected chi connectivity index (χ3v) is 3.69. The van der Waals surface area contributed by atoms with E-state index in [1.54, 1.807) is 26.0 Å². The van der Waals surface area contributed by atoms with Crippen LogP contribution in [-0.2, 0) is 10.0 Å². The molecule has 4 heteroatoms. The summed E-state index contributed by atoms with van der Waals surface area (Å²) >= 11 is 0. The summed E-state index contributed by atoms with van der Waals surface area (Å²) in [6, 6.07) is 7.26. The van der Waals surface area contributed by atoms with E-state index in [2.05, 4.69) is 4.72 Å². The van der Waals surface area contributed by atoms with Crippen molar-refractivity contribution in [1.29, 1.82) is 0 Å². The molecule has 0 radical (unpaired) electrons. The van der Waals surface area contributed by atoms with Crippen LogP contribution in [0.1, 0.15) is 33.3 Å². The van der Waals surface area contributed by atoms with Crippen molar-refractivity contribution in [1.82, 2.24) is 0 Å². The highest BCUT2D eigenvalue weighted by Crippen LogP contribution is 2.12.